The Balaban J connectivity index is 1.64. The number of benzene rings is 1. The smallest absolute Gasteiger partial charge is 0.163 e. The molecule has 2 aliphatic heterocycles. The first-order chi connectivity index (χ1) is 12.0. The summed E-state index contributed by atoms with van der Waals surface area (Å²) in [5.41, 5.74) is 1.07. The first-order valence-corrected chi connectivity index (χ1v) is 8.90. The number of hydrogen-bond acceptors (Lipinski definition) is 5. The van der Waals surface area contributed by atoms with Crippen molar-refractivity contribution in [2.75, 3.05) is 6.61 Å². The van der Waals surface area contributed by atoms with Crippen LogP contribution in [0.2, 0.25) is 0 Å². The van der Waals surface area contributed by atoms with Crippen molar-refractivity contribution in [1.29, 1.82) is 0 Å². The lowest BCUT2D eigenvalue weighted by atomic mass is 10.0. The lowest BCUT2D eigenvalue weighted by Gasteiger charge is -2.23. The Bertz CT molecular complexity index is 558. The monoisotopic (exact) mass is 348 g/mol. The third-order valence-electron chi connectivity index (χ3n) is 4.68. The number of aliphatic hydroxyl groups excluding tert-OH is 1. The fourth-order valence-corrected chi connectivity index (χ4v) is 3.47. The van der Waals surface area contributed by atoms with Gasteiger partial charge in [0.1, 0.15) is 12.2 Å². The minimum absolute atomic E-state index is 0.0579. The van der Waals surface area contributed by atoms with Crippen LogP contribution in [0.15, 0.2) is 43.0 Å². The van der Waals surface area contributed by atoms with Crippen molar-refractivity contribution in [3.05, 3.63) is 48.6 Å². The van der Waals surface area contributed by atoms with Crippen LogP contribution in [-0.2, 0) is 25.6 Å². The summed E-state index contributed by atoms with van der Waals surface area (Å²) in [6.07, 6.45) is 1.34. The zero-order valence-corrected chi connectivity index (χ0v) is 15.0. The molecule has 0 aliphatic carbocycles. The fraction of sp³-hybridized carbons (Fsp3) is 0.600. The van der Waals surface area contributed by atoms with Crippen LogP contribution in [0.4, 0.5) is 0 Å². The Labute approximate surface area is 149 Å². The quantitative estimate of drug-likeness (QED) is 0.768. The highest BCUT2D eigenvalue weighted by Crippen LogP contribution is 2.33. The predicted molar refractivity (Wildman–Crippen MR) is 94.0 cm³/mol. The molecule has 5 heteroatoms. The molecule has 2 saturated heterocycles. The SMILES string of the molecule is C=CC[C@@H]1O[C@H](CC2COC(C)(C)O2)[C@H](OCc2ccccc2)[C@H]1O. The van der Waals surface area contributed by atoms with Gasteiger partial charge in [0.05, 0.1) is 31.5 Å². The maximum Gasteiger partial charge on any atom is 0.163 e. The van der Waals surface area contributed by atoms with Crippen LogP contribution < -0.4 is 0 Å². The van der Waals surface area contributed by atoms with Gasteiger partial charge in [-0.25, -0.2) is 0 Å². The number of rotatable bonds is 7. The molecule has 5 atom stereocenters. The molecular formula is C20H28O5. The first-order valence-electron chi connectivity index (χ1n) is 8.90. The van der Waals surface area contributed by atoms with Gasteiger partial charge in [0.25, 0.3) is 0 Å². The van der Waals surface area contributed by atoms with Crippen molar-refractivity contribution >= 4 is 0 Å². The van der Waals surface area contributed by atoms with E-state index in [9.17, 15) is 5.11 Å². The Kier molecular flexibility index (Phi) is 5.92. The molecule has 0 radical (unpaired) electrons. The molecular weight excluding hydrogens is 320 g/mol. The van der Waals surface area contributed by atoms with E-state index in [1.807, 2.05) is 44.2 Å². The van der Waals surface area contributed by atoms with E-state index in [1.165, 1.54) is 0 Å². The third-order valence-corrected chi connectivity index (χ3v) is 4.68. The Hall–Kier alpha value is -1.24. The van der Waals surface area contributed by atoms with Gasteiger partial charge in [-0.15, -0.1) is 6.58 Å². The van der Waals surface area contributed by atoms with Crippen molar-refractivity contribution in [2.24, 2.45) is 0 Å². The van der Waals surface area contributed by atoms with Crippen LogP contribution in [-0.4, -0.2) is 48.0 Å². The predicted octanol–water partition coefficient (Wildman–Crippen LogP) is 2.82. The third kappa shape index (κ3) is 4.68. The molecule has 1 aromatic carbocycles. The standard InChI is InChI=1S/C20H28O5/c1-4-8-16-18(21)19(22-12-14-9-6-5-7-10-14)17(24-16)11-15-13-23-20(2,3)25-15/h4-7,9-10,15-19,21H,1,8,11-13H2,2-3H3/t15?,16-,17+,18-,19-/m0/s1. The molecule has 25 heavy (non-hydrogen) atoms. The number of ether oxygens (including phenoxy) is 4. The van der Waals surface area contributed by atoms with Gasteiger partial charge in [0.15, 0.2) is 5.79 Å². The summed E-state index contributed by atoms with van der Waals surface area (Å²) in [4.78, 5) is 0. The molecule has 2 aliphatic rings. The van der Waals surface area contributed by atoms with Crippen molar-refractivity contribution in [2.45, 2.75) is 69.6 Å². The normalized spacial score (nSPS) is 34.3. The van der Waals surface area contributed by atoms with Gasteiger partial charge in [-0.2, -0.15) is 0 Å². The van der Waals surface area contributed by atoms with Crippen LogP contribution >= 0.6 is 0 Å². The van der Waals surface area contributed by atoms with Crippen LogP contribution in [0.3, 0.4) is 0 Å². The van der Waals surface area contributed by atoms with Crippen LogP contribution in [0.25, 0.3) is 0 Å². The van der Waals surface area contributed by atoms with Crippen molar-refractivity contribution in [3.8, 4) is 0 Å². The van der Waals surface area contributed by atoms with Gasteiger partial charge in [-0.05, 0) is 25.8 Å². The molecule has 2 fully saturated rings. The van der Waals surface area contributed by atoms with E-state index in [0.717, 1.165) is 5.56 Å². The molecule has 1 aromatic rings. The molecule has 1 unspecified atom stereocenters. The summed E-state index contributed by atoms with van der Waals surface area (Å²) < 4.78 is 23.6. The second-order valence-corrected chi connectivity index (χ2v) is 7.18. The fourth-order valence-electron chi connectivity index (χ4n) is 3.47. The largest absolute Gasteiger partial charge is 0.388 e. The summed E-state index contributed by atoms with van der Waals surface area (Å²) in [6, 6.07) is 9.94. The van der Waals surface area contributed by atoms with Crippen LogP contribution in [0.1, 0.15) is 32.3 Å². The van der Waals surface area contributed by atoms with E-state index >= 15 is 0 Å². The summed E-state index contributed by atoms with van der Waals surface area (Å²) in [5.74, 6) is -0.567. The lowest BCUT2D eigenvalue weighted by molar-refractivity contribution is -0.145. The minimum Gasteiger partial charge on any atom is -0.388 e. The van der Waals surface area contributed by atoms with Crippen molar-refractivity contribution in [3.63, 3.8) is 0 Å². The summed E-state index contributed by atoms with van der Waals surface area (Å²) >= 11 is 0. The highest BCUT2D eigenvalue weighted by Gasteiger charge is 2.46. The van der Waals surface area contributed by atoms with Gasteiger partial charge >= 0.3 is 0 Å². The van der Waals surface area contributed by atoms with Crippen LogP contribution in [0.5, 0.6) is 0 Å². The zero-order chi connectivity index (χ0) is 17.9. The van der Waals surface area contributed by atoms with E-state index in [2.05, 4.69) is 6.58 Å². The average molecular weight is 348 g/mol. The van der Waals surface area contributed by atoms with Gasteiger partial charge in [-0.3, -0.25) is 0 Å². The van der Waals surface area contributed by atoms with Gasteiger partial charge in [0.2, 0.25) is 0 Å². The molecule has 5 nitrogen and oxygen atoms in total. The molecule has 0 aromatic heterocycles. The van der Waals surface area contributed by atoms with E-state index in [0.29, 0.717) is 26.1 Å². The Morgan fingerprint density at radius 1 is 1.28 bits per heavy atom. The summed E-state index contributed by atoms with van der Waals surface area (Å²) in [7, 11) is 0. The van der Waals surface area contributed by atoms with Crippen molar-refractivity contribution in [1.82, 2.24) is 0 Å². The van der Waals surface area contributed by atoms with Gasteiger partial charge in [-0.1, -0.05) is 36.4 Å². The molecule has 0 spiro atoms. The van der Waals surface area contributed by atoms with E-state index in [1.54, 1.807) is 6.08 Å². The second-order valence-electron chi connectivity index (χ2n) is 7.18. The van der Waals surface area contributed by atoms with E-state index < -0.39 is 18.0 Å². The van der Waals surface area contributed by atoms with E-state index in [-0.39, 0.29) is 18.3 Å². The Morgan fingerprint density at radius 3 is 2.68 bits per heavy atom. The van der Waals surface area contributed by atoms with E-state index in [4.69, 9.17) is 18.9 Å². The second kappa shape index (κ2) is 7.98. The number of aliphatic hydroxyl groups is 1. The maximum absolute atomic E-state index is 10.6. The topological polar surface area (TPSA) is 57.2 Å². The minimum atomic E-state index is -0.679. The first kappa shape index (κ1) is 18.5. The van der Waals surface area contributed by atoms with Crippen LogP contribution in [0, 0.1) is 0 Å². The molecule has 138 valence electrons. The lowest BCUT2D eigenvalue weighted by Crippen LogP contribution is -2.37. The van der Waals surface area contributed by atoms with Gasteiger partial charge in [0, 0.05) is 6.42 Å². The highest BCUT2D eigenvalue weighted by atomic mass is 16.7. The van der Waals surface area contributed by atoms with Gasteiger partial charge < -0.3 is 24.1 Å². The molecule has 2 heterocycles. The highest BCUT2D eigenvalue weighted by molar-refractivity contribution is 5.13. The molecule has 0 amide bonds. The molecule has 0 bridgehead atoms. The summed E-state index contributed by atoms with van der Waals surface area (Å²) in [5, 5.41) is 10.6. The molecule has 0 saturated carbocycles. The Morgan fingerprint density at radius 2 is 2.04 bits per heavy atom. The molecule has 3 rings (SSSR count). The number of hydrogen-bond donors (Lipinski definition) is 1. The maximum atomic E-state index is 10.6. The molecule has 1 N–H and O–H groups in total. The zero-order valence-electron chi connectivity index (χ0n) is 15.0. The average Bonchev–Trinajstić information content (AvgIpc) is 3.07. The summed E-state index contributed by atoms with van der Waals surface area (Å²) in [6.45, 7) is 8.53. The van der Waals surface area contributed by atoms with Crippen molar-refractivity contribution < 1.29 is 24.1 Å².